The molecule has 0 aliphatic carbocycles. The summed E-state index contributed by atoms with van der Waals surface area (Å²) in [7, 11) is 3.13. The Balaban J connectivity index is 3.06. The zero-order valence-electron chi connectivity index (χ0n) is 11.3. The van der Waals surface area contributed by atoms with Crippen LogP contribution < -0.4 is 15.2 Å². The molecule has 0 saturated heterocycles. The third kappa shape index (κ3) is 4.04. The maximum atomic E-state index is 10.6. The number of hydrogen-bond donors (Lipinski definition) is 2. The Morgan fingerprint density at radius 3 is 2.42 bits per heavy atom. The van der Waals surface area contributed by atoms with Gasteiger partial charge in [0, 0.05) is 17.4 Å². The lowest BCUT2D eigenvalue weighted by Crippen LogP contribution is -2.13. The van der Waals surface area contributed by atoms with E-state index in [1.54, 1.807) is 26.0 Å². The van der Waals surface area contributed by atoms with E-state index in [0.29, 0.717) is 17.9 Å². The standard InChI is InChI=1S/C13H19NO4S/c1-17-10-6-8(9(14)4-5-13(15)16)12(19-3)7-11(10)18-2/h6-7,9H,4-5,14H2,1-3H3,(H,15,16). The highest BCUT2D eigenvalue weighted by Gasteiger charge is 2.16. The first-order valence-electron chi connectivity index (χ1n) is 5.80. The number of thioether (sulfide) groups is 1. The van der Waals surface area contributed by atoms with Crippen LogP contribution in [0.5, 0.6) is 11.5 Å². The summed E-state index contributed by atoms with van der Waals surface area (Å²) >= 11 is 1.54. The van der Waals surface area contributed by atoms with Crippen molar-refractivity contribution in [2.45, 2.75) is 23.8 Å². The number of carboxylic acids is 1. The fourth-order valence-electron chi connectivity index (χ4n) is 1.78. The largest absolute Gasteiger partial charge is 0.493 e. The van der Waals surface area contributed by atoms with Crippen LogP contribution in [0.1, 0.15) is 24.4 Å². The van der Waals surface area contributed by atoms with E-state index in [0.717, 1.165) is 10.5 Å². The summed E-state index contributed by atoms with van der Waals surface area (Å²) < 4.78 is 10.5. The third-order valence-electron chi connectivity index (χ3n) is 2.80. The Labute approximate surface area is 117 Å². The third-order valence-corrected chi connectivity index (χ3v) is 3.60. The molecule has 5 nitrogen and oxygen atoms in total. The van der Waals surface area contributed by atoms with Crippen LogP contribution in [-0.2, 0) is 4.79 Å². The normalized spacial score (nSPS) is 12.0. The van der Waals surface area contributed by atoms with Crippen molar-refractivity contribution in [1.29, 1.82) is 0 Å². The van der Waals surface area contributed by atoms with Crippen molar-refractivity contribution in [1.82, 2.24) is 0 Å². The first kappa shape index (κ1) is 15.7. The fourth-order valence-corrected chi connectivity index (χ4v) is 2.45. The molecule has 0 aromatic heterocycles. The lowest BCUT2D eigenvalue weighted by Gasteiger charge is -2.18. The SMILES string of the molecule is COc1cc(SC)c(C(N)CCC(=O)O)cc1OC. The van der Waals surface area contributed by atoms with Crippen molar-refractivity contribution in [2.75, 3.05) is 20.5 Å². The van der Waals surface area contributed by atoms with E-state index in [9.17, 15) is 4.79 Å². The molecule has 19 heavy (non-hydrogen) atoms. The minimum absolute atomic E-state index is 0.0450. The number of hydrogen-bond acceptors (Lipinski definition) is 5. The van der Waals surface area contributed by atoms with Crippen LogP contribution in [0.3, 0.4) is 0 Å². The van der Waals surface area contributed by atoms with Gasteiger partial charge in [0.05, 0.1) is 14.2 Å². The molecule has 6 heteroatoms. The summed E-state index contributed by atoms with van der Waals surface area (Å²) in [6.45, 7) is 0. The molecule has 3 N–H and O–H groups in total. The second-order valence-electron chi connectivity index (χ2n) is 3.99. The summed E-state index contributed by atoms with van der Waals surface area (Å²) in [4.78, 5) is 11.6. The molecule has 0 bridgehead atoms. The van der Waals surface area contributed by atoms with Gasteiger partial charge in [0.2, 0.25) is 0 Å². The fraction of sp³-hybridized carbons (Fsp3) is 0.462. The van der Waals surface area contributed by atoms with E-state index in [1.807, 2.05) is 18.4 Å². The number of ether oxygens (including phenoxy) is 2. The average Bonchev–Trinajstić information content (AvgIpc) is 2.42. The highest BCUT2D eigenvalue weighted by molar-refractivity contribution is 7.98. The van der Waals surface area contributed by atoms with E-state index in [-0.39, 0.29) is 12.5 Å². The van der Waals surface area contributed by atoms with Crippen LogP contribution in [0.2, 0.25) is 0 Å². The van der Waals surface area contributed by atoms with E-state index in [1.165, 1.54) is 0 Å². The molecule has 106 valence electrons. The van der Waals surface area contributed by atoms with Crippen LogP contribution in [0.15, 0.2) is 17.0 Å². The maximum Gasteiger partial charge on any atom is 0.303 e. The summed E-state index contributed by atoms with van der Waals surface area (Å²) in [5, 5.41) is 8.71. The van der Waals surface area contributed by atoms with Crippen molar-refractivity contribution < 1.29 is 19.4 Å². The molecule has 0 fully saturated rings. The molecule has 0 spiro atoms. The highest BCUT2D eigenvalue weighted by atomic mass is 32.2. The van der Waals surface area contributed by atoms with E-state index < -0.39 is 5.97 Å². The predicted octanol–water partition coefficient (Wildman–Crippen LogP) is 2.29. The lowest BCUT2D eigenvalue weighted by molar-refractivity contribution is -0.137. The molecule has 0 heterocycles. The van der Waals surface area contributed by atoms with Gasteiger partial charge < -0.3 is 20.3 Å². The number of aliphatic carboxylic acids is 1. The Morgan fingerprint density at radius 1 is 1.37 bits per heavy atom. The number of carboxylic acid groups (broad SMARTS) is 1. The van der Waals surface area contributed by atoms with Gasteiger partial charge in [0.15, 0.2) is 11.5 Å². The van der Waals surface area contributed by atoms with Crippen LogP contribution in [0.25, 0.3) is 0 Å². The summed E-state index contributed by atoms with van der Waals surface area (Å²) in [6, 6.07) is 3.34. The van der Waals surface area contributed by atoms with Crippen molar-refractivity contribution in [2.24, 2.45) is 5.73 Å². The van der Waals surface area contributed by atoms with Gasteiger partial charge in [-0.1, -0.05) is 0 Å². The lowest BCUT2D eigenvalue weighted by atomic mass is 10.0. The van der Waals surface area contributed by atoms with Gasteiger partial charge in [-0.05, 0) is 30.4 Å². The van der Waals surface area contributed by atoms with E-state index in [2.05, 4.69) is 0 Å². The molecular weight excluding hydrogens is 266 g/mol. The Morgan fingerprint density at radius 2 is 1.95 bits per heavy atom. The van der Waals surface area contributed by atoms with Gasteiger partial charge in [-0.15, -0.1) is 11.8 Å². The molecule has 0 aliphatic rings. The molecule has 1 atom stereocenters. The van der Waals surface area contributed by atoms with Gasteiger partial charge in [-0.25, -0.2) is 0 Å². The molecule has 1 aromatic rings. The topological polar surface area (TPSA) is 81.8 Å². The summed E-state index contributed by atoms with van der Waals surface area (Å²) in [5.41, 5.74) is 6.94. The quantitative estimate of drug-likeness (QED) is 0.748. The Bertz CT molecular complexity index is 451. The molecule has 0 aliphatic heterocycles. The highest BCUT2D eigenvalue weighted by Crippen LogP contribution is 2.37. The van der Waals surface area contributed by atoms with Crippen LogP contribution in [-0.4, -0.2) is 31.6 Å². The zero-order valence-corrected chi connectivity index (χ0v) is 12.1. The van der Waals surface area contributed by atoms with E-state index >= 15 is 0 Å². The number of rotatable bonds is 7. The summed E-state index contributed by atoms with van der Waals surface area (Å²) in [6.07, 6.45) is 2.37. The molecule has 0 saturated carbocycles. The molecule has 1 unspecified atom stereocenters. The van der Waals surface area contributed by atoms with Gasteiger partial charge in [0.1, 0.15) is 0 Å². The number of nitrogens with two attached hydrogens (primary N) is 1. The van der Waals surface area contributed by atoms with Crippen LogP contribution in [0, 0.1) is 0 Å². The van der Waals surface area contributed by atoms with Crippen molar-refractivity contribution >= 4 is 17.7 Å². The molecule has 1 aromatic carbocycles. The number of methoxy groups -OCH3 is 2. The first-order valence-corrected chi connectivity index (χ1v) is 7.03. The van der Waals surface area contributed by atoms with Crippen molar-refractivity contribution in [3.63, 3.8) is 0 Å². The van der Waals surface area contributed by atoms with Gasteiger partial charge in [0.25, 0.3) is 0 Å². The van der Waals surface area contributed by atoms with Crippen LogP contribution >= 0.6 is 11.8 Å². The van der Waals surface area contributed by atoms with E-state index in [4.69, 9.17) is 20.3 Å². The number of benzene rings is 1. The van der Waals surface area contributed by atoms with Crippen molar-refractivity contribution in [3.05, 3.63) is 17.7 Å². The minimum Gasteiger partial charge on any atom is -0.493 e. The smallest absolute Gasteiger partial charge is 0.303 e. The molecule has 1 rings (SSSR count). The Hall–Kier alpha value is -1.40. The Kier molecular flexibility index (Phi) is 5.98. The minimum atomic E-state index is -0.846. The molecular formula is C13H19NO4S. The molecule has 0 radical (unpaired) electrons. The maximum absolute atomic E-state index is 10.6. The summed E-state index contributed by atoms with van der Waals surface area (Å²) in [5.74, 6) is 0.392. The van der Waals surface area contributed by atoms with Gasteiger partial charge >= 0.3 is 5.97 Å². The predicted molar refractivity (Wildman–Crippen MR) is 75.1 cm³/mol. The monoisotopic (exact) mass is 285 g/mol. The average molecular weight is 285 g/mol. The second kappa shape index (κ2) is 7.25. The number of carbonyl (C=O) groups is 1. The molecule has 0 amide bonds. The van der Waals surface area contributed by atoms with Crippen LogP contribution in [0.4, 0.5) is 0 Å². The van der Waals surface area contributed by atoms with Gasteiger partial charge in [-0.2, -0.15) is 0 Å². The zero-order chi connectivity index (χ0) is 14.4. The first-order chi connectivity index (χ1) is 9.03. The van der Waals surface area contributed by atoms with Gasteiger partial charge in [-0.3, -0.25) is 4.79 Å². The second-order valence-corrected chi connectivity index (χ2v) is 4.84. The van der Waals surface area contributed by atoms with Crippen molar-refractivity contribution in [3.8, 4) is 11.5 Å².